The number of esters is 3. The van der Waals surface area contributed by atoms with Crippen molar-refractivity contribution < 1.29 is 41.7 Å². The molecule has 0 aliphatic heterocycles. The van der Waals surface area contributed by atoms with Crippen LogP contribution in [-0.4, -0.2) is 39.5 Å². The number of carbonyl (C=O) groups excluding carboxylic acids is 3. The van der Waals surface area contributed by atoms with Gasteiger partial charge in [-0.1, -0.05) is 24.8 Å². The van der Waals surface area contributed by atoms with E-state index in [1.54, 1.807) is 37.3 Å². The Bertz CT molecular complexity index is 1500. The van der Waals surface area contributed by atoms with Crippen LogP contribution in [-0.2, 0) is 29.0 Å². The van der Waals surface area contributed by atoms with Crippen molar-refractivity contribution in [3.8, 4) is 17.2 Å². The predicted octanol–water partition coefficient (Wildman–Crippen LogP) is 4.73. The molecular weight excluding hydrogens is 536 g/mol. The smallest absolute Gasteiger partial charge is 0.336 e. The standard InChI is InChI=1S/C30H26O9S/c1-3-5-29(32)38-24-11-15-26(16-12-24)40(34,35)27-17-13-25(14-18-27)39-30(33)19-8-22-6-9-23(10-7-22)36-20-21-37-28(31)4-2/h3-19H,2,20-21H2,1H3. The SMILES string of the molecule is C=CC(=O)OCCOc1ccc(C=CC(=O)Oc2ccc(S(=O)(=O)c3ccc(OC(=O)C=CC)cc3)cc2)cc1. The molecule has 0 amide bonds. The summed E-state index contributed by atoms with van der Waals surface area (Å²) < 4.78 is 46.5. The Balaban J connectivity index is 1.53. The van der Waals surface area contributed by atoms with Gasteiger partial charge in [-0.15, -0.1) is 0 Å². The number of hydrogen-bond donors (Lipinski definition) is 0. The molecule has 3 rings (SSSR count). The van der Waals surface area contributed by atoms with Gasteiger partial charge in [-0.3, -0.25) is 0 Å². The van der Waals surface area contributed by atoms with Crippen LogP contribution >= 0.6 is 0 Å². The molecule has 0 fully saturated rings. The number of ether oxygens (including phenoxy) is 4. The molecule has 0 N–H and O–H groups in total. The van der Waals surface area contributed by atoms with Crippen molar-refractivity contribution in [1.29, 1.82) is 0 Å². The van der Waals surface area contributed by atoms with E-state index in [0.717, 1.165) is 6.08 Å². The molecule has 0 heterocycles. The maximum atomic E-state index is 12.9. The van der Waals surface area contributed by atoms with Gasteiger partial charge in [0.25, 0.3) is 0 Å². The normalized spacial score (nSPS) is 11.2. The molecule has 0 spiro atoms. The fourth-order valence-electron chi connectivity index (χ4n) is 3.15. The van der Waals surface area contributed by atoms with E-state index in [4.69, 9.17) is 18.9 Å². The van der Waals surface area contributed by atoms with Crippen LogP contribution in [0.3, 0.4) is 0 Å². The fraction of sp³-hybridized carbons (Fsp3) is 0.100. The molecule has 0 unspecified atom stereocenters. The van der Waals surface area contributed by atoms with Crippen molar-refractivity contribution in [2.45, 2.75) is 16.7 Å². The average Bonchev–Trinajstić information content (AvgIpc) is 2.95. The predicted molar refractivity (Wildman–Crippen MR) is 147 cm³/mol. The van der Waals surface area contributed by atoms with E-state index in [2.05, 4.69) is 6.58 Å². The van der Waals surface area contributed by atoms with Gasteiger partial charge in [-0.25, -0.2) is 22.8 Å². The van der Waals surface area contributed by atoms with Gasteiger partial charge in [-0.2, -0.15) is 0 Å². The molecule has 0 saturated carbocycles. The molecule has 10 heteroatoms. The lowest BCUT2D eigenvalue weighted by molar-refractivity contribution is -0.138. The number of sulfone groups is 1. The number of allylic oxidation sites excluding steroid dienone is 1. The van der Waals surface area contributed by atoms with E-state index in [0.29, 0.717) is 11.3 Å². The second-order valence-electron chi connectivity index (χ2n) is 7.91. The first-order valence-corrected chi connectivity index (χ1v) is 13.4. The molecule has 3 aromatic rings. The van der Waals surface area contributed by atoms with Crippen molar-refractivity contribution in [2.24, 2.45) is 0 Å². The van der Waals surface area contributed by atoms with Gasteiger partial charge in [0.1, 0.15) is 30.5 Å². The van der Waals surface area contributed by atoms with Crippen LogP contribution in [0.15, 0.2) is 113 Å². The van der Waals surface area contributed by atoms with Crippen molar-refractivity contribution in [1.82, 2.24) is 0 Å². The van der Waals surface area contributed by atoms with Crippen LogP contribution in [0.5, 0.6) is 17.2 Å². The second kappa shape index (κ2) is 14.3. The highest BCUT2D eigenvalue weighted by atomic mass is 32.2. The second-order valence-corrected chi connectivity index (χ2v) is 9.86. The highest BCUT2D eigenvalue weighted by molar-refractivity contribution is 7.91. The minimum Gasteiger partial charge on any atom is -0.490 e. The molecule has 0 radical (unpaired) electrons. The Morgan fingerprint density at radius 3 is 1.70 bits per heavy atom. The lowest BCUT2D eigenvalue weighted by Gasteiger charge is -2.07. The topological polar surface area (TPSA) is 122 Å². The van der Waals surface area contributed by atoms with E-state index < -0.39 is 27.7 Å². The van der Waals surface area contributed by atoms with Crippen molar-refractivity contribution in [3.63, 3.8) is 0 Å². The minimum absolute atomic E-state index is 0.00248. The first-order valence-electron chi connectivity index (χ1n) is 11.9. The van der Waals surface area contributed by atoms with Gasteiger partial charge < -0.3 is 18.9 Å². The summed E-state index contributed by atoms with van der Waals surface area (Å²) in [4.78, 5) is 34.8. The first-order chi connectivity index (χ1) is 19.2. The molecule has 9 nitrogen and oxygen atoms in total. The van der Waals surface area contributed by atoms with Gasteiger partial charge in [-0.05, 0) is 79.2 Å². The highest BCUT2D eigenvalue weighted by Gasteiger charge is 2.18. The van der Waals surface area contributed by atoms with Gasteiger partial charge in [0.2, 0.25) is 9.84 Å². The van der Waals surface area contributed by atoms with E-state index in [-0.39, 0.29) is 34.5 Å². The van der Waals surface area contributed by atoms with Crippen molar-refractivity contribution in [3.05, 3.63) is 109 Å². The molecule has 206 valence electrons. The van der Waals surface area contributed by atoms with Gasteiger partial charge in [0.15, 0.2) is 0 Å². The van der Waals surface area contributed by atoms with Gasteiger partial charge in [0.05, 0.1) is 9.79 Å². The Labute approximate surface area is 231 Å². The third-order valence-electron chi connectivity index (χ3n) is 5.06. The zero-order valence-corrected chi connectivity index (χ0v) is 22.3. The number of rotatable bonds is 12. The molecule has 40 heavy (non-hydrogen) atoms. The van der Waals surface area contributed by atoms with Gasteiger partial charge >= 0.3 is 17.9 Å². The zero-order chi connectivity index (χ0) is 29.0. The molecule has 0 atom stereocenters. The molecular formula is C30H26O9S. The number of carbonyl (C=O) groups is 3. The maximum absolute atomic E-state index is 12.9. The van der Waals surface area contributed by atoms with E-state index >= 15 is 0 Å². The first kappa shape index (κ1) is 29.6. The fourth-order valence-corrected chi connectivity index (χ4v) is 4.41. The summed E-state index contributed by atoms with van der Waals surface area (Å²) >= 11 is 0. The van der Waals surface area contributed by atoms with Crippen LogP contribution in [0.4, 0.5) is 0 Å². The van der Waals surface area contributed by atoms with E-state index in [1.807, 2.05) is 0 Å². The van der Waals surface area contributed by atoms with Crippen LogP contribution in [0, 0.1) is 0 Å². The third-order valence-corrected chi connectivity index (χ3v) is 6.85. The van der Waals surface area contributed by atoms with E-state index in [1.165, 1.54) is 66.8 Å². The lowest BCUT2D eigenvalue weighted by atomic mass is 10.2. The summed E-state index contributed by atoms with van der Waals surface area (Å²) in [5.41, 5.74) is 0.714. The summed E-state index contributed by atoms with van der Waals surface area (Å²) in [6.07, 6.45) is 6.64. The average molecular weight is 563 g/mol. The number of hydrogen-bond acceptors (Lipinski definition) is 9. The van der Waals surface area contributed by atoms with Crippen LogP contribution < -0.4 is 14.2 Å². The molecule has 0 aliphatic rings. The van der Waals surface area contributed by atoms with Crippen molar-refractivity contribution >= 4 is 33.8 Å². The number of benzene rings is 3. The summed E-state index contributed by atoms with van der Waals surface area (Å²) in [7, 11) is -3.85. The Morgan fingerprint density at radius 2 is 1.20 bits per heavy atom. The highest BCUT2D eigenvalue weighted by Crippen LogP contribution is 2.25. The van der Waals surface area contributed by atoms with Crippen LogP contribution in [0.1, 0.15) is 12.5 Å². The van der Waals surface area contributed by atoms with Crippen LogP contribution in [0.2, 0.25) is 0 Å². The quantitative estimate of drug-likeness (QED) is 0.133. The molecule has 0 aromatic heterocycles. The Morgan fingerprint density at radius 1 is 0.700 bits per heavy atom. The minimum atomic E-state index is -3.85. The van der Waals surface area contributed by atoms with Crippen molar-refractivity contribution in [2.75, 3.05) is 13.2 Å². The maximum Gasteiger partial charge on any atom is 0.336 e. The van der Waals surface area contributed by atoms with E-state index in [9.17, 15) is 22.8 Å². The molecule has 0 saturated heterocycles. The van der Waals surface area contributed by atoms with Crippen LogP contribution in [0.25, 0.3) is 6.08 Å². The molecule has 0 aliphatic carbocycles. The summed E-state index contributed by atoms with van der Waals surface area (Å²) in [5.74, 6) is -0.796. The van der Waals surface area contributed by atoms with Gasteiger partial charge in [0, 0.05) is 18.2 Å². The summed E-state index contributed by atoms with van der Waals surface area (Å²) in [5, 5.41) is 0. The molecule has 0 bridgehead atoms. The zero-order valence-electron chi connectivity index (χ0n) is 21.5. The lowest BCUT2D eigenvalue weighted by Crippen LogP contribution is -2.10. The summed E-state index contributed by atoms with van der Waals surface area (Å²) in [6, 6.07) is 17.7. The monoisotopic (exact) mass is 562 g/mol. The molecule has 3 aromatic carbocycles. The Kier molecular flexibility index (Phi) is 10.6. The Hall–Kier alpha value is -4.96. The largest absolute Gasteiger partial charge is 0.490 e. The summed E-state index contributed by atoms with van der Waals surface area (Å²) in [6.45, 7) is 5.26. The third kappa shape index (κ3) is 8.81.